The first-order valence-electron chi connectivity index (χ1n) is 3.94. The second kappa shape index (κ2) is 4.21. The molecule has 0 radical (unpaired) electrons. The molecule has 1 rings (SSSR count). The molecule has 5 heteroatoms. The van der Waals surface area contributed by atoms with E-state index in [0.29, 0.717) is 13.2 Å². The molecule has 0 spiro atoms. The first-order valence-corrected chi connectivity index (χ1v) is 3.94. The minimum absolute atomic E-state index is 0.0307. The summed E-state index contributed by atoms with van der Waals surface area (Å²) in [6.07, 6.45) is 0.0131. The topological polar surface area (TPSA) is 68.6 Å². The van der Waals surface area contributed by atoms with E-state index in [0.717, 1.165) is 0 Å². The second-order valence-corrected chi connectivity index (χ2v) is 2.70. The normalized spacial score (nSPS) is 19.4. The summed E-state index contributed by atoms with van der Waals surface area (Å²) < 4.78 is 14.9. The first kappa shape index (κ1) is 9.96. The van der Waals surface area contributed by atoms with Gasteiger partial charge in [0.05, 0.1) is 32.8 Å². The van der Waals surface area contributed by atoms with Crippen molar-refractivity contribution >= 4 is 5.97 Å². The summed E-state index contributed by atoms with van der Waals surface area (Å²) in [5.74, 6) is -1.50. The van der Waals surface area contributed by atoms with Crippen LogP contribution < -0.4 is 0 Å². The Hall–Kier alpha value is -1.12. The highest BCUT2D eigenvalue weighted by Crippen LogP contribution is 2.27. The number of nitriles is 1. The van der Waals surface area contributed by atoms with Gasteiger partial charge in [0.1, 0.15) is 6.42 Å². The zero-order chi connectivity index (χ0) is 9.73. The number of methoxy groups -OCH3 is 1. The molecule has 0 aromatic carbocycles. The lowest BCUT2D eigenvalue weighted by Gasteiger charge is -2.22. The van der Waals surface area contributed by atoms with Crippen molar-refractivity contribution in [3.8, 4) is 6.07 Å². The fourth-order valence-corrected chi connectivity index (χ4v) is 1.18. The molecule has 13 heavy (non-hydrogen) atoms. The van der Waals surface area contributed by atoms with Crippen molar-refractivity contribution in [1.82, 2.24) is 0 Å². The van der Waals surface area contributed by atoms with Crippen LogP contribution in [0.2, 0.25) is 0 Å². The number of carbonyl (C=O) groups is 1. The van der Waals surface area contributed by atoms with Gasteiger partial charge in [-0.05, 0) is 0 Å². The van der Waals surface area contributed by atoms with Crippen molar-refractivity contribution in [3.63, 3.8) is 0 Å². The standard InChI is InChI=1S/C8H11NO4/c1-11-7(10)6-8(2-3-9)12-4-5-13-8/h2,4-6H2,1H3. The van der Waals surface area contributed by atoms with E-state index in [-0.39, 0.29) is 12.8 Å². The van der Waals surface area contributed by atoms with E-state index in [1.165, 1.54) is 7.11 Å². The molecule has 0 bridgehead atoms. The molecule has 0 aliphatic carbocycles. The lowest BCUT2D eigenvalue weighted by Crippen LogP contribution is -2.33. The van der Waals surface area contributed by atoms with Crippen LogP contribution in [-0.2, 0) is 19.0 Å². The lowest BCUT2D eigenvalue weighted by atomic mass is 10.1. The fourth-order valence-electron chi connectivity index (χ4n) is 1.18. The Bertz CT molecular complexity index is 227. The third-order valence-electron chi connectivity index (χ3n) is 1.80. The second-order valence-electron chi connectivity index (χ2n) is 2.70. The van der Waals surface area contributed by atoms with Gasteiger partial charge in [-0.3, -0.25) is 4.79 Å². The molecule has 0 N–H and O–H groups in total. The van der Waals surface area contributed by atoms with E-state index in [9.17, 15) is 4.79 Å². The van der Waals surface area contributed by atoms with Crippen LogP contribution in [0, 0.1) is 11.3 Å². The van der Waals surface area contributed by atoms with Crippen molar-refractivity contribution in [2.45, 2.75) is 18.6 Å². The third kappa shape index (κ3) is 2.41. The molecule has 0 atom stereocenters. The van der Waals surface area contributed by atoms with Crippen LogP contribution in [0.5, 0.6) is 0 Å². The number of esters is 1. The number of nitrogens with zero attached hydrogens (tertiary/aromatic N) is 1. The highest BCUT2D eigenvalue weighted by Gasteiger charge is 2.39. The average molecular weight is 185 g/mol. The van der Waals surface area contributed by atoms with Crippen molar-refractivity contribution in [3.05, 3.63) is 0 Å². The van der Waals surface area contributed by atoms with E-state index in [1.807, 2.05) is 6.07 Å². The van der Waals surface area contributed by atoms with Gasteiger partial charge in [-0.15, -0.1) is 0 Å². The van der Waals surface area contributed by atoms with Gasteiger partial charge >= 0.3 is 5.97 Å². The molecule has 1 saturated heterocycles. The third-order valence-corrected chi connectivity index (χ3v) is 1.80. The van der Waals surface area contributed by atoms with Crippen molar-refractivity contribution < 1.29 is 19.0 Å². The van der Waals surface area contributed by atoms with Crippen LogP contribution in [0.25, 0.3) is 0 Å². The Labute approximate surface area is 76.2 Å². The monoisotopic (exact) mass is 185 g/mol. The molecular formula is C8H11NO4. The van der Waals surface area contributed by atoms with Gasteiger partial charge in [-0.2, -0.15) is 5.26 Å². The SMILES string of the molecule is COC(=O)CC1(CC#N)OCCO1. The average Bonchev–Trinajstić information content (AvgIpc) is 2.54. The van der Waals surface area contributed by atoms with Crippen molar-refractivity contribution in [2.75, 3.05) is 20.3 Å². The summed E-state index contributed by atoms with van der Waals surface area (Å²) in [5.41, 5.74) is 0. The van der Waals surface area contributed by atoms with Crippen LogP contribution in [0.15, 0.2) is 0 Å². The van der Waals surface area contributed by atoms with Crippen LogP contribution in [0.4, 0.5) is 0 Å². The van der Waals surface area contributed by atoms with Gasteiger partial charge < -0.3 is 14.2 Å². The summed E-state index contributed by atoms with van der Waals surface area (Å²) in [4.78, 5) is 11.0. The molecule has 0 unspecified atom stereocenters. The van der Waals surface area contributed by atoms with Gasteiger partial charge in [-0.1, -0.05) is 0 Å². The number of rotatable bonds is 3. The first-order chi connectivity index (χ1) is 6.22. The Morgan fingerprint density at radius 3 is 2.69 bits per heavy atom. The summed E-state index contributed by atoms with van der Waals surface area (Å²) in [5, 5.41) is 8.52. The predicted molar refractivity (Wildman–Crippen MR) is 41.5 cm³/mol. The molecule has 0 amide bonds. The summed E-state index contributed by atoms with van der Waals surface area (Å²) >= 11 is 0. The van der Waals surface area contributed by atoms with Crippen LogP contribution >= 0.6 is 0 Å². The van der Waals surface area contributed by atoms with Gasteiger partial charge in [0.25, 0.3) is 0 Å². The smallest absolute Gasteiger partial charge is 0.311 e. The van der Waals surface area contributed by atoms with E-state index >= 15 is 0 Å². The summed E-state index contributed by atoms with van der Waals surface area (Å²) in [6, 6.07) is 1.92. The van der Waals surface area contributed by atoms with Crippen LogP contribution in [-0.4, -0.2) is 32.1 Å². The predicted octanol–water partition coefficient (Wildman–Crippen LogP) is 0.206. The maximum atomic E-state index is 11.0. The van der Waals surface area contributed by atoms with E-state index in [1.54, 1.807) is 0 Å². The fraction of sp³-hybridized carbons (Fsp3) is 0.750. The van der Waals surface area contributed by atoms with E-state index < -0.39 is 11.8 Å². The molecule has 0 aromatic heterocycles. The minimum atomic E-state index is -1.07. The Morgan fingerprint density at radius 1 is 1.62 bits per heavy atom. The van der Waals surface area contributed by atoms with Crippen molar-refractivity contribution in [1.29, 1.82) is 5.26 Å². The molecule has 5 nitrogen and oxygen atoms in total. The van der Waals surface area contributed by atoms with Gasteiger partial charge in [0.15, 0.2) is 5.79 Å². The van der Waals surface area contributed by atoms with Crippen LogP contribution in [0.3, 0.4) is 0 Å². The molecule has 72 valence electrons. The highest BCUT2D eigenvalue weighted by molar-refractivity contribution is 5.70. The lowest BCUT2D eigenvalue weighted by molar-refractivity contribution is -0.178. The molecule has 1 fully saturated rings. The molecular weight excluding hydrogens is 174 g/mol. The molecule has 0 saturated carbocycles. The van der Waals surface area contributed by atoms with Crippen LogP contribution in [0.1, 0.15) is 12.8 Å². The Balaban J connectivity index is 2.57. The largest absolute Gasteiger partial charge is 0.469 e. The number of hydrogen-bond donors (Lipinski definition) is 0. The zero-order valence-electron chi connectivity index (χ0n) is 7.41. The molecule has 1 aliphatic rings. The molecule has 1 aliphatic heterocycles. The Kier molecular flexibility index (Phi) is 3.23. The van der Waals surface area contributed by atoms with Gasteiger partial charge in [-0.25, -0.2) is 0 Å². The highest BCUT2D eigenvalue weighted by atomic mass is 16.7. The number of carbonyl (C=O) groups excluding carboxylic acids is 1. The van der Waals surface area contributed by atoms with Gasteiger partial charge in [0.2, 0.25) is 0 Å². The number of ether oxygens (including phenoxy) is 3. The summed E-state index contributed by atoms with van der Waals surface area (Å²) in [7, 11) is 1.29. The van der Waals surface area contributed by atoms with Gasteiger partial charge in [0, 0.05) is 0 Å². The minimum Gasteiger partial charge on any atom is -0.469 e. The molecule has 1 heterocycles. The molecule has 0 aromatic rings. The summed E-state index contributed by atoms with van der Waals surface area (Å²) in [6.45, 7) is 0.831. The maximum absolute atomic E-state index is 11.0. The van der Waals surface area contributed by atoms with Crippen molar-refractivity contribution in [2.24, 2.45) is 0 Å². The van der Waals surface area contributed by atoms with E-state index in [2.05, 4.69) is 4.74 Å². The van der Waals surface area contributed by atoms with E-state index in [4.69, 9.17) is 14.7 Å². The zero-order valence-corrected chi connectivity index (χ0v) is 7.41. The maximum Gasteiger partial charge on any atom is 0.311 e. The quantitative estimate of drug-likeness (QED) is 0.588. The number of hydrogen-bond acceptors (Lipinski definition) is 5. The Morgan fingerprint density at radius 2 is 2.23 bits per heavy atom.